The van der Waals surface area contributed by atoms with E-state index in [1.807, 2.05) is 0 Å². The van der Waals surface area contributed by atoms with Gasteiger partial charge in [0.05, 0.1) is 0 Å². The van der Waals surface area contributed by atoms with Gasteiger partial charge >= 0.3 is 12.0 Å². The molecule has 2 rings (SSSR count). The average molecular weight is 336 g/mol. The summed E-state index contributed by atoms with van der Waals surface area (Å²) in [5.41, 5.74) is -0.848. The number of halogens is 1. The zero-order chi connectivity index (χ0) is 17.9. The van der Waals surface area contributed by atoms with Crippen LogP contribution >= 0.6 is 0 Å². The van der Waals surface area contributed by atoms with Gasteiger partial charge in [-0.15, -0.1) is 0 Å². The molecule has 1 atom stereocenters. The number of nitrogens with zero attached hydrogens (tertiary/aromatic N) is 1. The van der Waals surface area contributed by atoms with Gasteiger partial charge in [0.15, 0.2) is 12.4 Å². The quantitative estimate of drug-likeness (QED) is 0.480. The minimum atomic E-state index is -1.04. The van der Waals surface area contributed by atoms with E-state index in [4.69, 9.17) is 4.74 Å². The number of rotatable bonds is 6. The first-order valence-corrected chi connectivity index (χ1v) is 7.35. The molecule has 0 aromatic heterocycles. The van der Waals surface area contributed by atoms with Crippen LogP contribution in [0.4, 0.5) is 9.18 Å². The second-order valence-electron chi connectivity index (χ2n) is 5.60. The van der Waals surface area contributed by atoms with Crippen molar-refractivity contribution >= 4 is 23.7 Å². The van der Waals surface area contributed by atoms with E-state index in [-0.39, 0.29) is 5.56 Å². The van der Waals surface area contributed by atoms with Crippen LogP contribution in [-0.4, -0.2) is 47.3 Å². The average Bonchev–Trinajstić information content (AvgIpc) is 2.77. The number of amides is 3. The molecule has 1 aliphatic rings. The molecule has 1 heterocycles. The van der Waals surface area contributed by atoms with Gasteiger partial charge in [-0.1, -0.05) is 6.92 Å². The van der Waals surface area contributed by atoms with Gasteiger partial charge in [-0.05, 0) is 37.6 Å². The highest BCUT2D eigenvalue weighted by Crippen LogP contribution is 2.20. The Morgan fingerprint density at radius 1 is 1.25 bits per heavy atom. The molecule has 8 heteroatoms. The highest BCUT2D eigenvalue weighted by atomic mass is 19.1. The fourth-order valence-corrected chi connectivity index (χ4v) is 2.17. The first kappa shape index (κ1) is 17.6. The Balaban J connectivity index is 1.90. The summed E-state index contributed by atoms with van der Waals surface area (Å²) in [7, 11) is 0. The van der Waals surface area contributed by atoms with Gasteiger partial charge in [0, 0.05) is 5.56 Å². The number of carbonyl (C=O) groups is 4. The summed E-state index contributed by atoms with van der Waals surface area (Å²) in [4.78, 5) is 48.2. The minimum absolute atomic E-state index is 0.192. The normalized spacial score (nSPS) is 20.0. The number of esters is 1. The molecular formula is C16H17FN2O5. The van der Waals surface area contributed by atoms with E-state index in [0.717, 1.165) is 17.0 Å². The Morgan fingerprint density at radius 2 is 1.88 bits per heavy atom. The lowest BCUT2D eigenvalue weighted by Crippen LogP contribution is -2.43. The second-order valence-corrected chi connectivity index (χ2v) is 5.60. The molecule has 0 bridgehead atoms. The molecular weight excluding hydrogens is 319 g/mol. The van der Waals surface area contributed by atoms with E-state index in [0.29, 0.717) is 6.42 Å². The van der Waals surface area contributed by atoms with Crippen LogP contribution in [0.5, 0.6) is 0 Å². The van der Waals surface area contributed by atoms with Crippen LogP contribution in [0.1, 0.15) is 30.6 Å². The second kappa shape index (κ2) is 6.77. The van der Waals surface area contributed by atoms with Crippen LogP contribution in [-0.2, 0) is 14.3 Å². The molecule has 3 amide bonds. The number of imide groups is 1. The maximum atomic E-state index is 12.8. The number of ketones is 1. The molecule has 7 nitrogen and oxygen atoms in total. The van der Waals surface area contributed by atoms with Crippen LogP contribution in [0, 0.1) is 5.82 Å². The van der Waals surface area contributed by atoms with Gasteiger partial charge in [-0.3, -0.25) is 19.3 Å². The number of nitrogens with one attached hydrogen (secondary N) is 1. The number of ether oxygens (including phenoxy) is 1. The van der Waals surface area contributed by atoms with Gasteiger partial charge in [-0.2, -0.15) is 0 Å². The van der Waals surface area contributed by atoms with E-state index in [2.05, 4.69) is 5.32 Å². The fourth-order valence-electron chi connectivity index (χ4n) is 2.17. The molecule has 1 saturated heterocycles. The Hall–Kier alpha value is -2.77. The van der Waals surface area contributed by atoms with E-state index >= 15 is 0 Å². The molecule has 1 fully saturated rings. The van der Waals surface area contributed by atoms with Crippen molar-refractivity contribution in [2.45, 2.75) is 25.8 Å². The van der Waals surface area contributed by atoms with Gasteiger partial charge in [-0.25, -0.2) is 9.18 Å². The van der Waals surface area contributed by atoms with Crippen molar-refractivity contribution < 1.29 is 28.3 Å². The van der Waals surface area contributed by atoms with Crippen molar-refractivity contribution in [1.29, 1.82) is 0 Å². The predicted octanol–water partition coefficient (Wildman–Crippen LogP) is 1.27. The van der Waals surface area contributed by atoms with Crippen LogP contribution in [0.25, 0.3) is 0 Å². The molecule has 1 N–H and O–H groups in total. The SMILES string of the molecule is CC[C@@]1(C)NC(=O)N(CC(=O)OCC(=O)c2ccc(F)cc2)C1=O. The molecule has 1 aromatic rings. The number of hydrogen-bond donors (Lipinski definition) is 1. The van der Waals surface area contributed by atoms with Crippen molar-refractivity contribution in [2.75, 3.05) is 13.2 Å². The predicted molar refractivity (Wildman–Crippen MR) is 80.6 cm³/mol. The third-order valence-corrected chi connectivity index (χ3v) is 3.87. The molecule has 0 spiro atoms. The van der Waals surface area contributed by atoms with E-state index in [1.54, 1.807) is 13.8 Å². The molecule has 128 valence electrons. The monoisotopic (exact) mass is 336 g/mol. The largest absolute Gasteiger partial charge is 0.456 e. The maximum absolute atomic E-state index is 12.8. The molecule has 0 radical (unpaired) electrons. The fraction of sp³-hybridized carbons (Fsp3) is 0.375. The number of carbonyl (C=O) groups excluding carboxylic acids is 4. The molecule has 0 saturated carbocycles. The topological polar surface area (TPSA) is 92.8 Å². The summed E-state index contributed by atoms with van der Waals surface area (Å²) >= 11 is 0. The standard InChI is InChI=1S/C16H17FN2O5/c1-3-16(2)14(22)19(15(23)18-16)8-13(21)24-9-12(20)10-4-6-11(17)7-5-10/h4-7H,3,8-9H2,1-2H3,(H,18,23)/t16-/m1/s1. The summed E-state index contributed by atoms with van der Waals surface area (Å²) in [6, 6.07) is 4.11. The lowest BCUT2D eigenvalue weighted by molar-refractivity contribution is -0.146. The first-order valence-electron chi connectivity index (χ1n) is 7.35. The molecule has 24 heavy (non-hydrogen) atoms. The lowest BCUT2D eigenvalue weighted by Gasteiger charge is -2.18. The Bertz CT molecular complexity index is 688. The summed E-state index contributed by atoms with van der Waals surface area (Å²) in [5.74, 6) is -2.40. The number of benzene rings is 1. The highest BCUT2D eigenvalue weighted by molar-refractivity contribution is 6.08. The molecule has 1 aromatic carbocycles. The Morgan fingerprint density at radius 3 is 2.42 bits per heavy atom. The van der Waals surface area contributed by atoms with Crippen molar-refractivity contribution in [3.8, 4) is 0 Å². The summed E-state index contributed by atoms with van der Waals surface area (Å²) in [6.07, 6.45) is 0.381. The Kier molecular flexibility index (Phi) is 4.96. The number of Topliss-reactive ketones (excluding diaryl/α,β-unsaturated/α-hetero) is 1. The van der Waals surface area contributed by atoms with Crippen molar-refractivity contribution in [1.82, 2.24) is 10.2 Å². The van der Waals surface area contributed by atoms with Gasteiger partial charge in [0.1, 0.15) is 17.9 Å². The Labute approximate surface area is 137 Å². The van der Waals surface area contributed by atoms with Gasteiger partial charge < -0.3 is 10.1 Å². The summed E-state index contributed by atoms with van der Waals surface area (Å²) < 4.78 is 17.6. The van der Waals surface area contributed by atoms with Crippen LogP contribution < -0.4 is 5.32 Å². The maximum Gasteiger partial charge on any atom is 0.326 e. The third kappa shape index (κ3) is 3.58. The third-order valence-electron chi connectivity index (χ3n) is 3.87. The van der Waals surface area contributed by atoms with Crippen molar-refractivity contribution in [3.63, 3.8) is 0 Å². The van der Waals surface area contributed by atoms with Crippen molar-refractivity contribution in [3.05, 3.63) is 35.6 Å². The van der Waals surface area contributed by atoms with Crippen LogP contribution in [0.2, 0.25) is 0 Å². The highest BCUT2D eigenvalue weighted by Gasteiger charge is 2.47. The van der Waals surface area contributed by atoms with Crippen molar-refractivity contribution in [2.24, 2.45) is 0 Å². The van der Waals surface area contributed by atoms with Gasteiger partial charge in [0.25, 0.3) is 5.91 Å². The smallest absolute Gasteiger partial charge is 0.326 e. The zero-order valence-corrected chi connectivity index (χ0v) is 13.3. The minimum Gasteiger partial charge on any atom is -0.456 e. The van der Waals surface area contributed by atoms with E-state index in [9.17, 15) is 23.6 Å². The van der Waals surface area contributed by atoms with Crippen LogP contribution in [0.15, 0.2) is 24.3 Å². The number of urea groups is 1. The lowest BCUT2D eigenvalue weighted by atomic mass is 9.99. The van der Waals surface area contributed by atoms with Crippen LogP contribution in [0.3, 0.4) is 0 Å². The summed E-state index contributed by atoms with van der Waals surface area (Å²) in [6.45, 7) is 2.17. The molecule has 0 unspecified atom stereocenters. The zero-order valence-electron chi connectivity index (χ0n) is 13.3. The molecule has 1 aliphatic heterocycles. The van der Waals surface area contributed by atoms with Gasteiger partial charge in [0.2, 0.25) is 0 Å². The van der Waals surface area contributed by atoms with E-state index in [1.165, 1.54) is 12.1 Å². The molecule has 0 aliphatic carbocycles. The van der Waals surface area contributed by atoms with E-state index < -0.39 is 48.2 Å². The summed E-state index contributed by atoms with van der Waals surface area (Å²) in [5, 5.41) is 2.51. The number of hydrogen-bond acceptors (Lipinski definition) is 5. The first-order chi connectivity index (χ1) is 11.3.